The van der Waals surface area contributed by atoms with Gasteiger partial charge in [0.2, 0.25) is 0 Å². The summed E-state index contributed by atoms with van der Waals surface area (Å²) in [5.41, 5.74) is 3.44. The highest BCUT2D eigenvalue weighted by atomic mass is 16.5. The Kier molecular flexibility index (Phi) is 2.95. The maximum absolute atomic E-state index is 5.41. The molecule has 2 fully saturated rings. The van der Waals surface area contributed by atoms with E-state index in [9.17, 15) is 0 Å². The molecule has 0 aromatic heterocycles. The molecule has 0 aliphatic carbocycles. The van der Waals surface area contributed by atoms with Crippen molar-refractivity contribution in [2.24, 2.45) is 0 Å². The fourth-order valence-corrected chi connectivity index (χ4v) is 3.02. The van der Waals surface area contributed by atoms with E-state index >= 15 is 0 Å². The highest BCUT2D eigenvalue weighted by Crippen LogP contribution is 2.39. The first-order chi connectivity index (χ1) is 8.75. The Morgan fingerprint density at radius 3 is 1.28 bits per heavy atom. The minimum atomic E-state index is 0.286. The lowest BCUT2D eigenvalue weighted by Crippen LogP contribution is -2.47. The monoisotopic (exact) mass is 246 g/mol. The zero-order chi connectivity index (χ0) is 12.6. The maximum atomic E-state index is 5.41. The Morgan fingerprint density at radius 1 is 0.778 bits per heavy atom. The molecule has 0 unspecified atom stereocenters. The summed E-state index contributed by atoms with van der Waals surface area (Å²) in [4.78, 5) is 0. The molecule has 18 heavy (non-hydrogen) atoms. The molecule has 2 heteroatoms. The summed E-state index contributed by atoms with van der Waals surface area (Å²) in [7, 11) is 0. The molecule has 0 saturated carbocycles. The number of benzene rings is 1. The third kappa shape index (κ3) is 1.63. The van der Waals surface area contributed by atoms with Gasteiger partial charge in [-0.25, -0.2) is 0 Å². The van der Waals surface area contributed by atoms with Crippen LogP contribution in [0.3, 0.4) is 0 Å². The van der Waals surface area contributed by atoms with Gasteiger partial charge in [-0.1, -0.05) is 38.1 Å². The zero-order valence-corrected chi connectivity index (χ0v) is 11.4. The van der Waals surface area contributed by atoms with Crippen LogP contribution < -0.4 is 0 Å². The second-order valence-corrected chi connectivity index (χ2v) is 5.83. The lowest BCUT2D eigenvalue weighted by atomic mass is 9.73. The van der Waals surface area contributed by atoms with Crippen LogP contribution in [0, 0.1) is 0 Å². The number of hydrogen-bond donors (Lipinski definition) is 0. The fourth-order valence-electron chi connectivity index (χ4n) is 3.02. The van der Waals surface area contributed by atoms with Crippen LogP contribution in [0.2, 0.25) is 0 Å². The van der Waals surface area contributed by atoms with Crippen LogP contribution in [0.5, 0.6) is 0 Å². The van der Waals surface area contributed by atoms with Gasteiger partial charge in [-0.3, -0.25) is 0 Å². The van der Waals surface area contributed by atoms with Crippen LogP contribution in [-0.2, 0) is 20.3 Å². The predicted octanol–water partition coefficient (Wildman–Crippen LogP) is 3.04. The molecule has 2 nitrogen and oxygen atoms in total. The topological polar surface area (TPSA) is 18.5 Å². The molecule has 3 rings (SSSR count). The average molecular weight is 246 g/mol. The molecule has 0 bridgehead atoms. The summed E-state index contributed by atoms with van der Waals surface area (Å²) >= 11 is 0. The van der Waals surface area contributed by atoms with Gasteiger partial charge in [-0.15, -0.1) is 0 Å². The van der Waals surface area contributed by atoms with E-state index in [1.807, 2.05) is 0 Å². The van der Waals surface area contributed by atoms with Crippen molar-refractivity contribution in [3.8, 4) is 0 Å². The Labute approximate surface area is 109 Å². The minimum Gasteiger partial charge on any atom is -0.379 e. The van der Waals surface area contributed by atoms with E-state index in [-0.39, 0.29) is 10.8 Å². The summed E-state index contributed by atoms with van der Waals surface area (Å²) in [6.45, 7) is 8.03. The highest BCUT2D eigenvalue weighted by molar-refractivity contribution is 5.35. The van der Waals surface area contributed by atoms with Gasteiger partial charge in [0.1, 0.15) is 0 Å². The van der Waals surface area contributed by atoms with E-state index in [2.05, 4.69) is 38.1 Å². The van der Waals surface area contributed by atoms with Gasteiger partial charge in [0.15, 0.2) is 0 Å². The van der Waals surface area contributed by atoms with E-state index in [1.165, 1.54) is 11.1 Å². The molecule has 98 valence electrons. The lowest BCUT2D eigenvalue weighted by Gasteiger charge is -2.43. The van der Waals surface area contributed by atoms with Gasteiger partial charge in [0, 0.05) is 10.8 Å². The van der Waals surface area contributed by atoms with E-state index < -0.39 is 0 Å². The van der Waals surface area contributed by atoms with Crippen LogP contribution in [-0.4, -0.2) is 26.4 Å². The average Bonchev–Trinajstić information content (AvgIpc) is 2.30. The highest BCUT2D eigenvalue weighted by Gasteiger charge is 2.41. The van der Waals surface area contributed by atoms with Crippen LogP contribution in [0.25, 0.3) is 0 Å². The minimum absolute atomic E-state index is 0.286. The molecular formula is C16H22O2. The smallest absolute Gasteiger partial charge is 0.0585 e. The van der Waals surface area contributed by atoms with Crippen molar-refractivity contribution < 1.29 is 9.47 Å². The Hall–Kier alpha value is -0.860. The van der Waals surface area contributed by atoms with E-state index in [4.69, 9.17) is 9.47 Å². The first kappa shape index (κ1) is 12.2. The Balaban J connectivity index is 1.85. The number of hydrogen-bond acceptors (Lipinski definition) is 2. The van der Waals surface area contributed by atoms with Crippen molar-refractivity contribution in [1.29, 1.82) is 0 Å². The van der Waals surface area contributed by atoms with Crippen molar-refractivity contribution in [2.75, 3.05) is 26.4 Å². The Bertz CT molecular complexity index is 361. The normalized spacial score (nSPS) is 24.1. The summed E-state index contributed by atoms with van der Waals surface area (Å²) in [5, 5.41) is 0. The van der Waals surface area contributed by atoms with Gasteiger partial charge >= 0.3 is 0 Å². The molecular weight excluding hydrogens is 224 g/mol. The zero-order valence-electron chi connectivity index (χ0n) is 11.4. The third-order valence-electron chi connectivity index (χ3n) is 4.98. The molecule has 1 aromatic rings. The van der Waals surface area contributed by atoms with E-state index in [0.717, 1.165) is 39.3 Å². The van der Waals surface area contributed by atoms with Crippen LogP contribution >= 0.6 is 0 Å². The first-order valence-corrected chi connectivity index (χ1v) is 7.01. The van der Waals surface area contributed by atoms with Crippen molar-refractivity contribution in [3.63, 3.8) is 0 Å². The van der Waals surface area contributed by atoms with Gasteiger partial charge in [-0.05, 0) is 24.0 Å². The molecule has 2 saturated heterocycles. The summed E-state index contributed by atoms with van der Waals surface area (Å²) in [6, 6.07) is 9.21. The van der Waals surface area contributed by atoms with Crippen LogP contribution in [0.1, 0.15) is 37.8 Å². The van der Waals surface area contributed by atoms with E-state index in [1.54, 1.807) is 0 Å². The molecule has 0 radical (unpaired) electrons. The first-order valence-electron chi connectivity index (χ1n) is 7.01. The molecule has 0 atom stereocenters. The van der Waals surface area contributed by atoms with Crippen molar-refractivity contribution in [1.82, 2.24) is 0 Å². The molecule has 0 spiro atoms. The molecule has 1 aromatic carbocycles. The molecule has 0 N–H and O–H groups in total. The van der Waals surface area contributed by atoms with Crippen LogP contribution in [0.4, 0.5) is 0 Å². The largest absolute Gasteiger partial charge is 0.379 e. The fraction of sp³-hybridized carbons (Fsp3) is 0.625. The van der Waals surface area contributed by atoms with Gasteiger partial charge in [0.25, 0.3) is 0 Å². The van der Waals surface area contributed by atoms with Gasteiger partial charge in [-0.2, -0.15) is 0 Å². The molecule has 0 amide bonds. The molecule has 2 aliphatic rings. The number of ether oxygens (including phenoxy) is 2. The lowest BCUT2D eigenvalue weighted by molar-refractivity contribution is -0.0637. The van der Waals surface area contributed by atoms with Crippen molar-refractivity contribution >= 4 is 0 Å². The maximum Gasteiger partial charge on any atom is 0.0585 e. The quantitative estimate of drug-likeness (QED) is 0.813. The second kappa shape index (κ2) is 4.36. The van der Waals surface area contributed by atoms with Crippen molar-refractivity contribution in [3.05, 3.63) is 35.4 Å². The molecule has 2 aliphatic heterocycles. The Morgan fingerprint density at radius 2 is 1.11 bits per heavy atom. The van der Waals surface area contributed by atoms with E-state index in [0.29, 0.717) is 0 Å². The summed E-state index contributed by atoms with van der Waals surface area (Å²) in [5.74, 6) is 0. The summed E-state index contributed by atoms with van der Waals surface area (Å²) in [6.07, 6.45) is 2.32. The third-order valence-corrected chi connectivity index (χ3v) is 4.98. The molecule has 2 heterocycles. The summed E-state index contributed by atoms with van der Waals surface area (Å²) < 4.78 is 10.8. The second-order valence-electron chi connectivity index (χ2n) is 5.83. The SMILES string of the molecule is CCC1(c2ccc(C3(CC)COC3)cc2)COC1. The van der Waals surface area contributed by atoms with Crippen LogP contribution in [0.15, 0.2) is 24.3 Å². The predicted molar refractivity (Wildman–Crippen MR) is 72.0 cm³/mol. The number of rotatable bonds is 4. The van der Waals surface area contributed by atoms with Crippen molar-refractivity contribution in [2.45, 2.75) is 37.5 Å². The van der Waals surface area contributed by atoms with Gasteiger partial charge < -0.3 is 9.47 Å². The van der Waals surface area contributed by atoms with Gasteiger partial charge in [0.05, 0.1) is 26.4 Å². The standard InChI is InChI=1S/C16H22O2/c1-3-15(9-17-10-15)13-5-7-14(8-6-13)16(4-2)11-18-12-16/h5-8H,3-4,9-12H2,1-2H3.